The summed E-state index contributed by atoms with van der Waals surface area (Å²) in [6.07, 6.45) is 0. The Labute approximate surface area is 79.9 Å². The highest BCUT2D eigenvalue weighted by molar-refractivity contribution is 4.68. The molecule has 0 aliphatic carbocycles. The summed E-state index contributed by atoms with van der Waals surface area (Å²) in [5, 5.41) is 20.6. The van der Waals surface area contributed by atoms with Crippen molar-refractivity contribution in [1.82, 2.24) is 5.32 Å². The molecule has 13 heavy (non-hydrogen) atoms. The Bertz CT molecular complexity index is 109. The van der Waals surface area contributed by atoms with Crippen molar-refractivity contribution in [3.63, 3.8) is 0 Å². The zero-order valence-electron chi connectivity index (χ0n) is 8.49. The maximum absolute atomic E-state index is 8.96. The van der Waals surface area contributed by atoms with Gasteiger partial charge >= 0.3 is 0 Å². The Morgan fingerprint density at radius 2 is 1.92 bits per heavy atom. The summed E-state index contributed by atoms with van der Waals surface area (Å²) in [6, 6.07) is 0.137. The van der Waals surface area contributed by atoms with Crippen LogP contribution < -0.4 is 5.32 Å². The minimum atomic E-state index is 0.0631. The van der Waals surface area contributed by atoms with Crippen LogP contribution in [0.2, 0.25) is 0 Å². The fourth-order valence-electron chi connectivity index (χ4n) is 0.994. The molecule has 0 fully saturated rings. The topological polar surface area (TPSA) is 61.7 Å². The van der Waals surface area contributed by atoms with Gasteiger partial charge in [0.2, 0.25) is 0 Å². The highest BCUT2D eigenvalue weighted by atomic mass is 16.5. The molecule has 0 bridgehead atoms. The quantitative estimate of drug-likeness (QED) is 0.457. The van der Waals surface area contributed by atoms with E-state index in [1.165, 1.54) is 0 Å². The summed E-state index contributed by atoms with van der Waals surface area (Å²) in [4.78, 5) is 0. The van der Waals surface area contributed by atoms with E-state index in [1.807, 2.05) is 0 Å². The number of hydrogen-bond donors (Lipinski definition) is 3. The van der Waals surface area contributed by atoms with Gasteiger partial charge in [-0.05, 0) is 5.92 Å². The van der Waals surface area contributed by atoms with E-state index in [4.69, 9.17) is 14.9 Å². The normalized spacial score (nSPS) is 13.6. The van der Waals surface area contributed by atoms with Gasteiger partial charge in [0.25, 0.3) is 0 Å². The Hall–Kier alpha value is -0.160. The third kappa shape index (κ3) is 6.95. The molecular formula is C9H21NO3. The van der Waals surface area contributed by atoms with Crippen molar-refractivity contribution in [2.45, 2.75) is 19.9 Å². The largest absolute Gasteiger partial charge is 0.395 e. The number of rotatable bonds is 8. The minimum Gasteiger partial charge on any atom is -0.395 e. The predicted molar refractivity (Wildman–Crippen MR) is 51.6 cm³/mol. The zero-order chi connectivity index (χ0) is 10.1. The molecule has 80 valence electrons. The van der Waals surface area contributed by atoms with Gasteiger partial charge in [-0.2, -0.15) is 0 Å². The van der Waals surface area contributed by atoms with E-state index < -0.39 is 0 Å². The fraction of sp³-hybridized carbons (Fsp3) is 1.00. The first-order valence-corrected chi connectivity index (χ1v) is 4.75. The molecule has 0 aliphatic rings. The van der Waals surface area contributed by atoms with Crippen LogP contribution in [-0.4, -0.2) is 49.2 Å². The first-order valence-electron chi connectivity index (χ1n) is 4.75. The van der Waals surface area contributed by atoms with Gasteiger partial charge in [-0.1, -0.05) is 13.8 Å². The molecule has 0 heterocycles. The standard InChI is InChI=1S/C9H21NO3/c1-8(2)9(7-12)10-3-5-13-6-4-11/h8-12H,3-7H2,1-2H3/t9-/m1/s1. The zero-order valence-corrected chi connectivity index (χ0v) is 8.49. The number of ether oxygens (including phenoxy) is 1. The second-order valence-corrected chi connectivity index (χ2v) is 3.32. The highest BCUT2D eigenvalue weighted by Crippen LogP contribution is 1.99. The van der Waals surface area contributed by atoms with E-state index >= 15 is 0 Å². The van der Waals surface area contributed by atoms with Crippen LogP contribution >= 0.6 is 0 Å². The monoisotopic (exact) mass is 191 g/mol. The highest BCUT2D eigenvalue weighted by Gasteiger charge is 2.09. The molecule has 3 N–H and O–H groups in total. The SMILES string of the molecule is CC(C)[C@@H](CO)NCCOCCO. The van der Waals surface area contributed by atoms with Crippen LogP contribution in [0.5, 0.6) is 0 Å². The van der Waals surface area contributed by atoms with Crippen molar-refractivity contribution in [2.24, 2.45) is 5.92 Å². The number of hydrogen-bond acceptors (Lipinski definition) is 4. The van der Waals surface area contributed by atoms with Crippen LogP contribution in [-0.2, 0) is 4.74 Å². The van der Waals surface area contributed by atoms with Crippen molar-refractivity contribution < 1.29 is 14.9 Å². The molecule has 0 aromatic rings. The van der Waals surface area contributed by atoms with Gasteiger partial charge in [-0.25, -0.2) is 0 Å². The lowest BCUT2D eigenvalue weighted by Crippen LogP contribution is -2.39. The van der Waals surface area contributed by atoms with E-state index in [2.05, 4.69) is 19.2 Å². The van der Waals surface area contributed by atoms with Crippen molar-refractivity contribution in [1.29, 1.82) is 0 Å². The molecule has 1 atom stereocenters. The van der Waals surface area contributed by atoms with Gasteiger partial charge in [0, 0.05) is 12.6 Å². The summed E-state index contributed by atoms with van der Waals surface area (Å²) in [5.41, 5.74) is 0. The van der Waals surface area contributed by atoms with Gasteiger partial charge < -0.3 is 20.3 Å². The number of aliphatic hydroxyl groups excluding tert-OH is 2. The van der Waals surface area contributed by atoms with Crippen molar-refractivity contribution in [2.75, 3.05) is 33.0 Å². The summed E-state index contributed by atoms with van der Waals surface area (Å²) >= 11 is 0. The molecule has 0 amide bonds. The van der Waals surface area contributed by atoms with E-state index in [0.717, 1.165) is 0 Å². The van der Waals surface area contributed by atoms with Crippen molar-refractivity contribution in [3.05, 3.63) is 0 Å². The van der Waals surface area contributed by atoms with Crippen molar-refractivity contribution in [3.8, 4) is 0 Å². The lowest BCUT2D eigenvalue weighted by Gasteiger charge is -2.19. The summed E-state index contributed by atoms with van der Waals surface area (Å²) in [5.74, 6) is 0.419. The van der Waals surface area contributed by atoms with Gasteiger partial charge in [0.15, 0.2) is 0 Å². The van der Waals surface area contributed by atoms with Gasteiger partial charge in [-0.3, -0.25) is 0 Å². The summed E-state index contributed by atoms with van der Waals surface area (Å²) < 4.78 is 5.06. The second kappa shape index (κ2) is 8.44. The van der Waals surface area contributed by atoms with Crippen LogP contribution in [0.4, 0.5) is 0 Å². The van der Waals surface area contributed by atoms with Crippen molar-refractivity contribution >= 4 is 0 Å². The summed E-state index contributed by atoms with van der Waals surface area (Å²) in [6.45, 7) is 6.00. The number of aliphatic hydroxyl groups is 2. The molecule has 0 saturated heterocycles. The minimum absolute atomic E-state index is 0.0631. The molecule has 0 radical (unpaired) electrons. The molecule has 0 aromatic heterocycles. The van der Waals surface area contributed by atoms with Crippen LogP contribution in [0.1, 0.15) is 13.8 Å². The predicted octanol–water partition coefficient (Wildman–Crippen LogP) is -0.398. The van der Waals surface area contributed by atoms with Gasteiger partial charge in [-0.15, -0.1) is 0 Å². The lowest BCUT2D eigenvalue weighted by atomic mass is 10.1. The third-order valence-corrected chi connectivity index (χ3v) is 1.89. The molecule has 0 saturated carbocycles. The van der Waals surface area contributed by atoms with Crippen LogP contribution in [0.25, 0.3) is 0 Å². The second-order valence-electron chi connectivity index (χ2n) is 3.32. The average Bonchev–Trinajstić information content (AvgIpc) is 2.10. The van der Waals surface area contributed by atoms with E-state index in [1.54, 1.807) is 0 Å². The maximum Gasteiger partial charge on any atom is 0.0698 e. The summed E-state index contributed by atoms with van der Waals surface area (Å²) in [7, 11) is 0. The van der Waals surface area contributed by atoms with Gasteiger partial charge in [0.1, 0.15) is 0 Å². The Balaban J connectivity index is 3.28. The molecule has 4 nitrogen and oxygen atoms in total. The molecule has 0 aliphatic heterocycles. The van der Waals surface area contributed by atoms with E-state index in [9.17, 15) is 0 Å². The molecule has 0 spiro atoms. The average molecular weight is 191 g/mol. The molecule has 0 unspecified atom stereocenters. The Kier molecular flexibility index (Phi) is 8.33. The van der Waals surface area contributed by atoms with Crippen LogP contribution in [0.3, 0.4) is 0 Å². The Morgan fingerprint density at radius 1 is 1.23 bits per heavy atom. The van der Waals surface area contributed by atoms with E-state index in [-0.39, 0.29) is 19.3 Å². The molecule has 0 aromatic carbocycles. The Morgan fingerprint density at radius 3 is 2.38 bits per heavy atom. The smallest absolute Gasteiger partial charge is 0.0698 e. The molecule has 4 heteroatoms. The maximum atomic E-state index is 8.96. The molecular weight excluding hydrogens is 170 g/mol. The van der Waals surface area contributed by atoms with Crippen LogP contribution in [0, 0.1) is 5.92 Å². The first kappa shape index (κ1) is 12.8. The first-order chi connectivity index (χ1) is 6.22. The molecule has 0 rings (SSSR count). The third-order valence-electron chi connectivity index (χ3n) is 1.89. The van der Waals surface area contributed by atoms with E-state index in [0.29, 0.717) is 25.7 Å². The van der Waals surface area contributed by atoms with Gasteiger partial charge in [0.05, 0.1) is 26.4 Å². The van der Waals surface area contributed by atoms with Crippen LogP contribution in [0.15, 0.2) is 0 Å². The number of nitrogens with one attached hydrogen (secondary N) is 1. The fourth-order valence-corrected chi connectivity index (χ4v) is 0.994. The lowest BCUT2D eigenvalue weighted by molar-refractivity contribution is 0.0892.